The molecule has 0 bridgehead atoms. The van der Waals surface area contributed by atoms with Gasteiger partial charge in [-0.15, -0.1) is 0 Å². The number of para-hydroxylation sites is 6. The SMILES string of the molecule is CC(C)(C)c1ccc(-c2cccc(-c3ccc(C(C)(C)C)cc3)c2N2c3cc4c5ccccc5n(-c5ccccc5)c4cc3B3c4c2cc(-c2ccccc2)cc4-n2c4ccccc4c4cc5c(c3c42)c2ccccc2n5-c2ccccc2)cc1. The molecule has 15 aromatic rings. The summed E-state index contributed by atoms with van der Waals surface area (Å²) in [6.45, 7) is 13.6. The third kappa shape index (κ3) is 7.29. The van der Waals surface area contributed by atoms with Gasteiger partial charge in [-0.05, 0) is 133 Å². The molecule has 85 heavy (non-hydrogen) atoms. The maximum absolute atomic E-state index is 2.71. The van der Waals surface area contributed by atoms with Gasteiger partial charge in [-0.1, -0.05) is 230 Å². The molecule has 0 spiro atoms. The first-order valence-electron chi connectivity index (χ1n) is 30.0. The minimum absolute atomic E-state index is 0.0107. The lowest BCUT2D eigenvalue weighted by atomic mass is 9.33. The summed E-state index contributed by atoms with van der Waals surface area (Å²) in [5.74, 6) is 0. The fourth-order valence-corrected chi connectivity index (χ4v) is 14.8. The number of hydrogen-bond donors (Lipinski definition) is 0. The van der Waals surface area contributed by atoms with Gasteiger partial charge >= 0.3 is 0 Å². The summed E-state index contributed by atoms with van der Waals surface area (Å²) < 4.78 is 7.68. The molecule has 404 valence electrons. The fourth-order valence-electron chi connectivity index (χ4n) is 14.8. The van der Waals surface area contributed by atoms with E-state index in [9.17, 15) is 0 Å². The van der Waals surface area contributed by atoms with Crippen molar-refractivity contribution >= 4 is 106 Å². The lowest BCUT2D eigenvalue weighted by Crippen LogP contribution is -2.60. The van der Waals surface area contributed by atoms with Gasteiger partial charge in [0.15, 0.2) is 0 Å². The minimum Gasteiger partial charge on any atom is -0.310 e. The zero-order valence-corrected chi connectivity index (χ0v) is 48.7. The molecule has 5 heterocycles. The van der Waals surface area contributed by atoms with Crippen molar-refractivity contribution in [1.82, 2.24) is 13.7 Å². The second-order valence-electron chi connectivity index (χ2n) is 25.7. The Balaban J connectivity index is 1.10. The van der Waals surface area contributed by atoms with Crippen molar-refractivity contribution in [3.8, 4) is 50.4 Å². The largest absolute Gasteiger partial charge is 0.310 e. The fraction of sp³-hybridized carbons (Fsp3) is 0.100. The van der Waals surface area contributed by atoms with Crippen LogP contribution in [0.25, 0.3) is 116 Å². The summed E-state index contributed by atoms with van der Waals surface area (Å²) in [6, 6.07) is 98.9. The monoisotopic (exact) mass is 1090 g/mol. The van der Waals surface area contributed by atoms with E-state index in [2.05, 4.69) is 321 Å². The summed E-state index contributed by atoms with van der Waals surface area (Å²) >= 11 is 0. The smallest absolute Gasteiger partial charge is 0.253 e. The number of fused-ring (bicyclic) bond motifs is 14. The molecule has 0 saturated carbocycles. The van der Waals surface area contributed by atoms with Crippen LogP contribution in [0.4, 0.5) is 17.1 Å². The molecule has 5 heteroatoms. The van der Waals surface area contributed by atoms with Crippen LogP contribution in [0, 0.1) is 0 Å². The zero-order valence-electron chi connectivity index (χ0n) is 48.7. The quantitative estimate of drug-likeness (QED) is 0.152. The second-order valence-corrected chi connectivity index (χ2v) is 25.7. The Bertz CT molecular complexity index is 5150. The van der Waals surface area contributed by atoms with E-state index < -0.39 is 0 Å². The molecule has 12 aromatic carbocycles. The third-order valence-corrected chi connectivity index (χ3v) is 18.7. The van der Waals surface area contributed by atoms with Crippen molar-refractivity contribution in [2.45, 2.75) is 52.4 Å². The standard InChI is InChI=1S/C80H61BN4/c1-79(2,3)54-41-37-51(38-42-54)58-32-22-33-59(52-39-43-55(44-40-52)80(4,5)6)77(58)85-70-47-63-60-29-16-19-34-66(60)82(56-25-12-8-13-26-56)69(63)49-65(70)81-75-72(45-53(46-73(75)85)50-23-10-7-11-24-50)84-67-35-20-17-30-61(67)64-48-71-74(76(81)78(64)84)62-31-18-21-36-68(62)83(71)57-27-14-9-15-28-57/h7-49H,1-6H3. The predicted molar refractivity (Wildman–Crippen MR) is 363 cm³/mol. The van der Waals surface area contributed by atoms with Gasteiger partial charge in [-0.25, -0.2) is 0 Å². The summed E-state index contributed by atoms with van der Waals surface area (Å²) in [6.07, 6.45) is 0. The Morgan fingerprint density at radius 1 is 0.306 bits per heavy atom. The van der Waals surface area contributed by atoms with Gasteiger partial charge in [0, 0.05) is 71.9 Å². The molecule has 0 unspecified atom stereocenters. The van der Waals surface area contributed by atoms with E-state index in [0.29, 0.717) is 0 Å². The van der Waals surface area contributed by atoms with Crippen LogP contribution in [-0.4, -0.2) is 20.4 Å². The van der Waals surface area contributed by atoms with E-state index in [0.717, 1.165) is 17.1 Å². The molecule has 17 rings (SSSR count). The summed E-state index contributed by atoms with van der Waals surface area (Å²) in [4.78, 5) is 2.71. The molecule has 2 aliphatic heterocycles. The Labute approximate surface area is 496 Å². The normalized spacial score (nSPS) is 13.0. The van der Waals surface area contributed by atoms with Crippen LogP contribution in [0.1, 0.15) is 52.7 Å². The van der Waals surface area contributed by atoms with E-state index in [4.69, 9.17) is 0 Å². The Morgan fingerprint density at radius 2 is 0.788 bits per heavy atom. The van der Waals surface area contributed by atoms with Gasteiger partial charge in [0.1, 0.15) is 0 Å². The van der Waals surface area contributed by atoms with Crippen molar-refractivity contribution in [1.29, 1.82) is 0 Å². The average Bonchev–Trinajstić information content (AvgIpc) is 1.71. The lowest BCUT2D eigenvalue weighted by Gasteiger charge is -2.42. The number of rotatable bonds is 6. The molecule has 3 aromatic heterocycles. The molecule has 0 atom stereocenters. The first-order chi connectivity index (χ1) is 41.5. The van der Waals surface area contributed by atoms with Crippen molar-refractivity contribution in [3.05, 3.63) is 272 Å². The molecule has 0 aliphatic carbocycles. The number of aromatic nitrogens is 3. The van der Waals surface area contributed by atoms with Crippen LogP contribution < -0.4 is 21.3 Å². The second kappa shape index (κ2) is 18.2. The van der Waals surface area contributed by atoms with Gasteiger partial charge in [-0.3, -0.25) is 0 Å². The van der Waals surface area contributed by atoms with Crippen LogP contribution in [-0.2, 0) is 10.8 Å². The first-order valence-corrected chi connectivity index (χ1v) is 30.0. The first kappa shape index (κ1) is 49.5. The molecule has 0 N–H and O–H groups in total. The van der Waals surface area contributed by atoms with E-state index >= 15 is 0 Å². The van der Waals surface area contributed by atoms with Crippen LogP contribution >= 0.6 is 0 Å². The highest BCUT2D eigenvalue weighted by atomic mass is 15.2. The van der Waals surface area contributed by atoms with E-state index in [1.54, 1.807) is 0 Å². The van der Waals surface area contributed by atoms with Crippen LogP contribution in [0.3, 0.4) is 0 Å². The van der Waals surface area contributed by atoms with Gasteiger partial charge in [0.25, 0.3) is 6.71 Å². The van der Waals surface area contributed by atoms with Crippen molar-refractivity contribution in [3.63, 3.8) is 0 Å². The highest BCUT2D eigenvalue weighted by Crippen LogP contribution is 2.52. The van der Waals surface area contributed by atoms with E-state index in [1.165, 1.54) is 143 Å². The third-order valence-electron chi connectivity index (χ3n) is 18.7. The molecule has 0 fully saturated rings. The zero-order chi connectivity index (χ0) is 57.0. The maximum atomic E-state index is 2.71. The Morgan fingerprint density at radius 3 is 1.36 bits per heavy atom. The lowest BCUT2D eigenvalue weighted by molar-refractivity contribution is 0.590. The minimum atomic E-state index is -0.210. The number of anilines is 3. The van der Waals surface area contributed by atoms with Gasteiger partial charge in [0.05, 0.1) is 38.8 Å². The highest BCUT2D eigenvalue weighted by Gasteiger charge is 2.46. The van der Waals surface area contributed by atoms with E-state index in [1.807, 2.05) is 0 Å². The van der Waals surface area contributed by atoms with Crippen molar-refractivity contribution in [2.24, 2.45) is 0 Å². The Kier molecular flexibility index (Phi) is 10.6. The van der Waals surface area contributed by atoms with Gasteiger partial charge in [-0.2, -0.15) is 0 Å². The molecular weight excluding hydrogens is 1030 g/mol. The number of hydrogen-bond acceptors (Lipinski definition) is 1. The molecule has 0 saturated heterocycles. The summed E-state index contributed by atoms with van der Waals surface area (Å²) in [5.41, 5.74) is 27.7. The molecule has 4 nitrogen and oxygen atoms in total. The maximum Gasteiger partial charge on any atom is 0.253 e. The predicted octanol–water partition coefficient (Wildman–Crippen LogP) is 19.2. The van der Waals surface area contributed by atoms with Gasteiger partial charge in [0.2, 0.25) is 0 Å². The highest BCUT2D eigenvalue weighted by molar-refractivity contribution is 7.02. The number of nitrogens with zero attached hydrogens (tertiary/aromatic N) is 4. The number of benzene rings is 12. The van der Waals surface area contributed by atoms with E-state index in [-0.39, 0.29) is 17.5 Å². The Hall–Kier alpha value is -10.1. The van der Waals surface area contributed by atoms with Crippen LogP contribution in [0.5, 0.6) is 0 Å². The summed E-state index contributed by atoms with van der Waals surface area (Å²) in [5, 5.41) is 7.45. The van der Waals surface area contributed by atoms with Crippen molar-refractivity contribution in [2.75, 3.05) is 4.90 Å². The van der Waals surface area contributed by atoms with Crippen molar-refractivity contribution < 1.29 is 0 Å². The topological polar surface area (TPSA) is 18.0 Å². The average molecular weight is 1090 g/mol. The summed E-state index contributed by atoms with van der Waals surface area (Å²) in [7, 11) is 0. The molecule has 2 aliphatic rings. The molecule has 0 amide bonds. The van der Waals surface area contributed by atoms with Crippen LogP contribution in [0.15, 0.2) is 261 Å². The van der Waals surface area contributed by atoms with Crippen LogP contribution in [0.2, 0.25) is 0 Å². The molecule has 0 radical (unpaired) electrons. The van der Waals surface area contributed by atoms with Gasteiger partial charge < -0.3 is 18.6 Å². The molecular formula is C80H61BN4.